The molecule has 1 amide bonds. The maximum atomic E-state index is 13.2. The lowest BCUT2D eigenvalue weighted by atomic mass is 10.1. The van der Waals surface area contributed by atoms with Crippen molar-refractivity contribution < 1.29 is 27.5 Å². The molecule has 0 bridgehead atoms. The Morgan fingerprint density at radius 1 is 1.03 bits per heavy atom. The highest BCUT2D eigenvalue weighted by molar-refractivity contribution is 7.90. The molecule has 8 nitrogen and oxygen atoms in total. The van der Waals surface area contributed by atoms with Crippen LogP contribution in [0.4, 0.5) is 0 Å². The van der Waals surface area contributed by atoms with Crippen molar-refractivity contribution in [2.24, 2.45) is 4.99 Å². The number of hydrogen-bond donors (Lipinski definition) is 0. The maximum absolute atomic E-state index is 13.2. The van der Waals surface area contributed by atoms with Gasteiger partial charge in [0.05, 0.1) is 34.9 Å². The van der Waals surface area contributed by atoms with Gasteiger partial charge in [-0.15, -0.1) is 0 Å². The van der Waals surface area contributed by atoms with Crippen molar-refractivity contribution >= 4 is 54.0 Å². The number of ether oxygens (including phenoxy) is 2. The number of hydrogen-bond acceptors (Lipinski definition) is 7. The van der Waals surface area contributed by atoms with Gasteiger partial charge >= 0.3 is 5.97 Å². The third-order valence-electron chi connectivity index (χ3n) is 5.09. The molecule has 0 spiro atoms. The number of benzene rings is 3. The van der Waals surface area contributed by atoms with E-state index in [-0.39, 0.29) is 21.8 Å². The minimum Gasteiger partial charge on any atom is -0.496 e. The molecule has 0 radical (unpaired) electrons. The SMILES string of the molecule is COC(=O)Cn1c(=NC(=O)c2cc3ccccc3cc2OC)sc2cc(S(C)(=O)=O)ccc21. The molecule has 0 aliphatic carbocycles. The number of fused-ring (bicyclic) bond motifs is 2. The third kappa shape index (κ3) is 4.53. The van der Waals surface area contributed by atoms with Gasteiger partial charge in [0.2, 0.25) is 0 Å². The summed E-state index contributed by atoms with van der Waals surface area (Å²) in [5, 5.41) is 1.77. The predicted octanol–water partition coefficient (Wildman–Crippen LogP) is 3.18. The van der Waals surface area contributed by atoms with Crippen LogP contribution in [0.25, 0.3) is 21.0 Å². The monoisotopic (exact) mass is 484 g/mol. The van der Waals surface area contributed by atoms with Crippen LogP contribution in [0.5, 0.6) is 5.75 Å². The smallest absolute Gasteiger partial charge is 0.325 e. The van der Waals surface area contributed by atoms with E-state index in [1.54, 1.807) is 18.2 Å². The zero-order chi connectivity index (χ0) is 23.8. The summed E-state index contributed by atoms with van der Waals surface area (Å²) in [5.74, 6) is -0.701. The van der Waals surface area contributed by atoms with Crippen LogP contribution in [0.2, 0.25) is 0 Å². The molecule has 0 saturated heterocycles. The van der Waals surface area contributed by atoms with Gasteiger partial charge in [0.25, 0.3) is 5.91 Å². The van der Waals surface area contributed by atoms with Crippen molar-refractivity contribution in [1.82, 2.24) is 4.57 Å². The molecule has 0 unspecified atom stereocenters. The molecule has 1 aromatic heterocycles. The number of esters is 1. The average molecular weight is 485 g/mol. The quantitative estimate of drug-likeness (QED) is 0.403. The Morgan fingerprint density at radius 3 is 2.36 bits per heavy atom. The van der Waals surface area contributed by atoms with Crippen molar-refractivity contribution in [3.8, 4) is 5.75 Å². The Bertz CT molecular complexity index is 1580. The first-order chi connectivity index (χ1) is 15.7. The largest absolute Gasteiger partial charge is 0.496 e. The molecule has 3 aromatic carbocycles. The summed E-state index contributed by atoms with van der Waals surface area (Å²) in [6.45, 7) is -0.185. The van der Waals surface area contributed by atoms with E-state index in [4.69, 9.17) is 9.47 Å². The Labute approximate surface area is 193 Å². The topological polar surface area (TPSA) is 104 Å². The van der Waals surface area contributed by atoms with Crippen molar-refractivity contribution in [2.45, 2.75) is 11.4 Å². The van der Waals surface area contributed by atoms with Gasteiger partial charge in [0.1, 0.15) is 12.3 Å². The summed E-state index contributed by atoms with van der Waals surface area (Å²) in [5.41, 5.74) is 0.838. The summed E-state index contributed by atoms with van der Waals surface area (Å²) in [6.07, 6.45) is 1.12. The summed E-state index contributed by atoms with van der Waals surface area (Å²) in [7, 11) is -0.688. The van der Waals surface area contributed by atoms with E-state index < -0.39 is 21.7 Å². The summed E-state index contributed by atoms with van der Waals surface area (Å²) < 4.78 is 36.2. The van der Waals surface area contributed by atoms with Crippen LogP contribution in [-0.4, -0.2) is 45.3 Å². The second-order valence-corrected chi connectivity index (χ2v) is 10.3. The number of methoxy groups -OCH3 is 2. The van der Waals surface area contributed by atoms with Crippen molar-refractivity contribution in [1.29, 1.82) is 0 Å². The van der Waals surface area contributed by atoms with Gasteiger partial charge in [-0.3, -0.25) is 9.59 Å². The van der Waals surface area contributed by atoms with Crippen molar-refractivity contribution in [3.05, 3.63) is 65.0 Å². The fourth-order valence-electron chi connectivity index (χ4n) is 3.42. The first-order valence-electron chi connectivity index (χ1n) is 9.77. The molecule has 1 heterocycles. The minimum absolute atomic E-state index is 0.135. The Hall–Kier alpha value is -3.50. The van der Waals surface area contributed by atoms with Crippen molar-refractivity contribution in [3.63, 3.8) is 0 Å². The first-order valence-corrected chi connectivity index (χ1v) is 12.5. The molecule has 0 aliphatic heterocycles. The second-order valence-electron chi connectivity index (χ2n) is 7.27. The van der Waals surface area contributed by atoms with E-state index in [1.807, 2.05) is 24.3 Å². The molecule has 4 rings (SSSR count). The first kappa shape index (κ1) is 22.7. The molecule has 33 heavy (non-hydrogen) atoms. The lowest BCUT2D eigenvalue weighted by molar-refractivity contribution is -0.141. The van der Waals surface area contributed by atoms with Gasteiger partial charge in [-0.1, -0.05) is 35.6 Å². The number of carbonyl (C=O) groups excluding carboxylic acids is 2. The third-order valence-corrected chi connectivity index (χ3v) is 7.24. The van der Waals surface area contributed by atoms with Crippen LogP contribution in [0, 0.1) is 0 Å². The minimum atomic E-state index is -3.43. The van der Waals surface area contributed by atoms with Crippen LogP contribution in [0.1, 0.15) is 10.4 Å². The summed E-state index contributed by atoms with van der Waals surface area (Å²) >= 11 is 1.11. The number of amides is 1. The van der Waals surface area contributed by atoms with E-state index in [0.29, 0.717) is 16.0 Å². The molecule has 0 fully saturated rings. The average Bonchev–Trinajstić information content (AvgIpc) is 3.13. The van der Waals surface area contributed by atoms with Crippen molar-refractivity contribution in [2.75, 3.05) is 20.5 Å². The standard InChI is InChI=1S/C23H20N2O6S2/c1-30-19-11-15-7-5-4-6-14(15)10-17(19)22(27)24-23-25(13-21(26)31-2)18-9-8-16(33(3,28)29)12-20(18)32-23/h4-12H,13H2,1-3H3. The highest BCUT2D eigenvalue weighted by Crippen LogP contribution is 2.27. The van der Waals surface area contributed by atoms with E-state index in [1.165, 1.54) is 30.9 Å². The van der Waals surface area contributed by atoms with E-state index in [2.05, 4.69) is 4.99 Å². The van der Waals surface area contributed by atoms with Gasteiger partial charge in [-0.2, -0.15) is 4.99 Å². The van der Waals surface area contributed by atoms with Crippen LogP contribution in [0.3, 0.4) is 0 Å². The fourth-order valence-corrected chi connectivity index (χ4v) is 5.21. The fraction of sp³-hybridized carbons (Fsp3) is 0.174. The highest BCUT2D eigenvalue weighted by atomic mass is 32.2. The molecule has 0 N–H and O–H groups in total. The number of sulfone groups is 1. The normalized spacial score (nSPS) is 12.3. The lowest BCUT2D eigenvalue weighted by Crippen LogP contribution is -2.22. The van der Waals surface area contributed by atoms with E-state index in [0.717, 1.165) is 28.4 Å². The number of nitrogens with zero attached hydrogens (tertiary/aromatic N) is 2. The lowest BCUT2D eigenvalue weighted by Gasteiger charge is -2.08. The van der Waals surface area contributed by atoms with Crippen LogP contribution < -0.4 is 9.54 Å². The zero-order valence-electron chi connectivity index (χ0n) is 18.1. The molecular weight excluding hydrogens is 464 g/mol. The molecule has 0 saturated carbocycles. The predicted molar refractivity (Wildman–Crippen MR) is 125 cm³/mol. The van der Waals surface area contributed by atoms with Gasteiger partial charge < -0.3 is 14.0 Å². The Balaban J connectivity index is 1.91. The highest BCUT2D eigenvalue weighted by Gasteiger charge is 2.17. The van der Waals surface area contributed by atoms with E-state index in [9.17, 15) is 18.0 Å². The zero-order valence-corrected chi connectivity index (χ0v) is 19.7. The second kappa shape index (κ2) is 8.80. The molecule has 10 heteroatoms. The number of rotatable bonds is 5. The molecule has 0 atom stereocenters. The van der Waals surface area contributed by atoms with Gasteiger partial charge in [0.15, 0.2) is 14.6 Å². The van der Waals surface area contributed by atoms with Crippen LogP contribution >= 0.6 is 11.3 Å². The molecular formula is C23H20N2O6S2. The van der Waals surface area contributed by atoms with E-state index >= 15 is 0 Å². The van der Waals surface area contributed by atoms with Gasteiger partial charge in [0, 0.05) is 6.26 Å². The number of carbonyl (C=O) groups is 2. The number of thiazole rings is 1. The Kier molecular flexibility index (Phi) is 6.05. The van der Waals surface area contributed by atoms with Crippen LogP contribution in [-0.2, 0) is 25.9 Å². The summed E-state index contributed by atoms with van der Waals surface area (Å²) in [4.78, 5) is 29.8. The van der Waals surface area contributed by atoms with Gasteiger partial charge in [-0.25, -0.2) is 8.42 Å². The number of aromatic nitrogens is 1. The Morgan fingerprint density at radius 2 is 1.73 bits per heavy atom. The van der Waals surface area contributed by atoms with Gasteiger partial charge in [-0.05, 0) is 41.1 Å². The molecule has 4 aromatic rings. The van der Waals surface area contributed by atoms with Crippen LogP contribution in [0.15, 0.2) is 64.5 Å². The molecule has 170 valence electrons. The summed E-state index contributed by atoms with van der Waals surface area (Å²) in [6, 6.07) is 15.6. The maximum Gasteiger partial charge on any atom is 0.325 e. The molecule has 0 aliphatic rings.